The highest BCUT2D eigenvalue weighted by Gasteiger charge is 2.48. The molecule has 0 radical (unpaired) electrons. The van der Waals surface area contributed by atoms with E-state index in [1.165, 1.54) is 18.4 Å². The van der Waals surface area contributed by atoms with E-state index in [1.807, 2.05) is 23.0 Å². The minimum Gasteiger partial charge on any atom is -0.351 e. The van der Waals surface area contributed by atoms with E-state index in [0.29, 0.717) is 41.9 Å². The molecule has 4 heterocycles. The predicted molar refractivity (Wildman–Crippen MR) is 124 cm³/mol. The lowest BCUT2D eigenvalue weighted by molar-refractivity contribution is -0.136. The van der Waals surface area contributed by atoms with Crippen molar-refractivity contribution in [3.8, 4) is 0 Å². The van der Waals surface area contributed by atoms with E-state index >= 15 is 0 Å². The van der Waals surface area contributed by atoms with Gasteiger partial charge in [0.1, 0.15) is 0 Å². The molecule has 4 aliphatic rings. The minimum absolute atomic E-state index is 0.0204. The van der Waals surface area contributed by atoms with Crippen LogP contribution in [0.2, 0.25) is 0 Å². The number of rotatable bonds is 4. The molecular formula is C25H27N7O. The first-order valence-electron chi connectivity index (χ1n) is 12.0. The van der Waals surface area contributed by atoms with Gasteiger partial charge in [0.15, 0.2) is 0 Å². The lowest BCUT2D eigenvalue weighted by Gasteiger charge is -2.51. The number of amides is 1. The Morgan fingerprint density at radius 2 is 2.06 bits per heavy atom. The van der Waals surface area contributed by atoms with Gasteiger partial charge in [-0.1, -0.05) is 6.08 Å². The van der Waals surface area contributed by atoms with Crippen molar-refractivity contribution in [1.82, 2.24) is 29.2 Å². The number of anilines is 1. The summed E-state index contributed by atoms with van der Waals surface area (Å²) in [5, 5.41) is 3.55. The zero-order valence-corrected chi connectivity index (χ0v) is 18.7. The summed E-state index contributed by atoms with van der Waals surface area (Å²) in [7, 11) is 0. The quantitative estimate of drug-likeness (QED) is 0.668. The highest BCUT2D eigenvalue weighted by Crippen LogP contribution is 2.50. The van der Waals surface area contributed by atoms with Crippen LogP contribution in [-0.4, -0.2) is 53.3 Å². The van der Waals surface area contributed by atoms with Crippen LogP contribution in [0, 0.1) is 5.92 Å². The van der Waals surface area contributed by atoms with Crippen LogP contribution < -0.4 is 5.32 Å². The molecule has 3 aliphatic carbocycles. The number of hydrogen-bond acceptors (Lipinski definition) is 6. The normalized spacial score (nSPS) is 30.3. The van der Waals surface area contributed by atoms with Crippen LogP contribution in [0.4, 0.5) is 5.95 Å². The van der Waals surface area contributed by atoms with Crippen LogP contribution in [-0.2, 0) is 4.79 Å². The van der Waals surface area contributed by atoms with E-state index in [-0.39, 0.29) is 5.54 Å². The summed E-state index contributed by atoms with van der Waals surface area (Å²) in [6.45, 7) is 3.11. The third kappa shape index (κ3) is 2.92. The minimum atomic E-state index is -0.0204. The van der Waals surface area contributed by atoms with Crippen molar-refractivity contribution in [3.05, 3.63) is 53.9 Å². The molecule has 8 nitrogen and oxygen atoms in total. The van der Waals surface area contributed by atoms with E-state index in [9.17, 15) is 4.79 Å². The van der Waals surface area contributed by atoms with Crippen molar-refractivity contribution in [2.24, 2.45) is 5.92 Å². The van der Waals surface area contributed by atoms with Crippen LogP contribution in [0.5, 0.6) is 0 Å². The number of carbonyl (C=O) groups excluding carboxylic acids is 1. The third-order valence-corrected chi connectivity index (χ3v) is 8.16. The number of carbonyl (C=O) groups is 1. The van der Waals surface area contributed by atoms with Crippen molar-refractivity contribution >= 4 is 23.2 Å². The summed E-state index contributed by atoms with van der Waals surface area (Å²) in [5.74, 6) is 2.73. The van der Waals surface area contributed by atoms with Gasteiger partial charge in [0.25, 0.3) is 0 Å². The average Bonchev–Trinajstić information content (AvgIpc) is 3.41. The number of allylic oxidation sites excluding steroid dienone is 1. The number of aromatic nitrogens is 5. The Morgan fingerprint density at radius 1 is 1.15 bits per heavy atom. The molecule has 1 aliphatic heterocycles. The Hall–Kier alpha value is -3.29. The van der Waals surface area contributed by atoms with E-state index in [4.69, 9.17) is 9.97 Å². The molecule has 1 saturated heterocycles. The lowest BCUT2D eigenvalue weighted by Crippen LogP contribution is -2.59. The highest BCUT2D eigenvalue weighted by atomic mass is 16.2. The summed E-state index contributed by atoms with van der Waals surface area (Å²) < 4.78 is 1.96. The molecule has 0 aromatic carbocycles. The zero-order valence-electron chi connectivity index (χ0n) is 18.7. The maximum Gasteiger partial charge on any atom is 0.233 e. The van der Waals surface area contributed by atoms with Crippen LogP contribution in [0.25, 0.3) is 11.4 Å². The number of nitrogens with zero attached hydrogens (tertiary/aromatic N) is 6. The van der Waals surface area contributed by atoms with Gasteiger partial charge in [0, 0.05) is 72.6 Å². The molecule has 2 atom stereocenters. The van der Waals surface area contributed by atoms with Gasteiger partial charge in [-0.15, -0.1) is 0 Å². The fourth-order valence-electron chi connectivity index (χ4n) is 6.26. The smallest absolute Gasteiger partial charge is 0.233 e. The van der Waals surface area contributed by atoms with Crippen LogP contribution >= 0.6 is 0 Å². The van der Waals surface area contributed by atoms with Gasteiger partial charge >= 0.3 is 0 Å². The summed E-state index contributed by atoms with van der Waals surface area (Å²) in [4.78, 5) is 32.8. The first-order chi connectivity index (χ1) is 16.1. The lowest BCUT2D eigenvalue weighted by atomic mass is 9.66. The standard InChI is InChI=1S/C25H27N7O/c1-25(32-7-2-3-21(32)33)10-17(11-25)29-23-27-13-20-19(9-15-4-5-18(15)22(20)30-23)16-12-28-24-26-6-8-31(24)14-16/h6,8-9,12-15,17-18H,2-5,7,10-11H2,1H3,(H,27,29,30)/t15-,17?,18?,25?/m0/s1. The topological polar surface area (TPSA) is 88.3 Å². The van der Waals surface area contributed by atoms with Crippen LogP contribution in [0.3, 0.4) is 0 Å². The predicted octanol–water partition coefficient (Wildman–Crippen LogP) is 3.41. The second-order valence-corrected chi connectivity index (χ2v) is 10.3. The summed E-state index contributed by atoms with van der Waals surface area (Å²) in [5.41, 5.74) is 4.49. The third-order valence-electron chi connectivity index (χ3n) is 8.16. The SMILES string of the molecule is CC1(N2CCCC2=O)CC(Nc2ncc3c(n2)C2CC[C@H]2C=C3c2cnc3nccn3c2)C1. The molecule has 2 saturated carbocycles. The number of likely N-dealkylation sites (tertiary alicyclic amines) is 1. The first kappa shape index (κ1) is 19.2. The molecule has 0 spiro atoms. The van der Waals surface area contributed by atoms with Crippen LogP contribution in [0.15, 0.2) is 37.1 Å². The molecule has 7 rings (SSSR count). The Balaban J connectivity index is 1.14. The van der Waals surface area contributed by atoms with Crippen molar-refractivity contribution in [1.29, 1.82) is 0 Å². The van der Waals surface area contributed by atoms with Gasteiger partial charge in [-0.25, -0.2) is 19.9 Å². The van der Waals surface area contributed by atoms with Crippen molar-refractivity contribution in [2.75, 3.05) is 11.9 Å². The Kier molecular flexibility index (Phi) is 3.99. The summed E-state index contributed by atoms with van der Waals surface area (Å²) in [6, 6.07) is 0.310. The van der Waals surface area contributed by atoms with E-state index in [0.717, 1.165) is 42.6 Å². The number of hydrogen-bond donors (Lipinski definition) is 1. The summed E-state index contributed by atoms with van der Waals surface area (Å²) >= 11 is 0. The Morgan fingerprint density at radius 3 is 2.85 bits per heavy atom. The van der Waals surface area contributed by atoms with Gasteiger partial charge in [-0.2, -0.15) is 0 Å². The van der Waals surface area contributed by atoms with Crippen molar-refractivity contribution < 1.29 is 4.79 Å². The Labute approximate surface area is 192 Å². The monoisotopic (exact) mass is 441 g/mol. The maximum absolute atomic E-state index is 12.2. The fourth-order valence-corrected chi connectivity index (χ4v) is 6.26. The van der Waals surface area contributed by atoms with Crippen LogP contribution in [0.1, 0.15) is 68.2 Å². The Bertz CT molecular complexity index is 1310. The molecule has 3 aromatic heterocycles. The average molecular weight is 442 g/mol. The highest BCUT2D eigenvalue weighted by molar-refractivity contribution is 5.82. The van der Waals surface area contributed by atoms with Gasteiger partial charge in [0.2, 0.25) is 17.6 Å². The van der Waals surface area contributed by atoms with E-state index in [2.05, 4.69) is 39.4 Å². The van der Waals surface area contributed by atoms with Gasteiger partial charge in [0.05, 0.1) is 5.69 Å². The number of nitrogens with one attached hydrogen (secondary N) is 1. The summed E-state index contributed by atoms with van der Waals surface area (Å²) in [6.07, 6.45) is 18.0. The number of imidazole rings is 1. The second-order valence-electron chi connectivity index (χ2n) is 10.3. The van der Waals surface area contributed by atoms with E-state index in [1.54, 1.807) is 6.20 Å². The molecule has 3 fully saturated rings. The molecule has 3 aromatic rings. The molecule has 1 N–H and O–H groups in total. The fraction of sp³-hybridized carbons (Fsp3) is 0.480. The number of fused-ring (bicyclic) bond motifs is 4. The molecule has 168 valence electrons. The largest absolute Gasteiger partial charge is 0.351 e. The van der Waals surface area contributed by atoms with Crippen molar-refractivity contribution in [3.63, 3.8) is 0 Å². The maximum atomic E-state index is 12.2. The molecular weight excluding hydrogens is 414 g/mol. The van der Waals surface area contributed by atoms with Gasteiger partial charge < -0.3 is 10.2 Å². The molecule has 33 heavy (non-hydrogen) atoms. The zero-order chi connectivity index (χ0) is 22.2. The second kappa shape index (κ2) is 6.85. The van der Waals surface area contributed by atoms with E-state index < -0.39 is 0 Å². The molecule has 0 bridgehead atoms. The molecule has 1 unspecified atom stereocenters. The molecule has 1 amide bonds. The molecule has 8 heteroatoms. The van der Waals surface area contributed by atoms with Gasteiger partial charge in [-0.3, -0.25) is 9.20 Å². The van der Waals surface area contributed by atoms with Gasteiger partial charge in [-0.05, 0) is 50.5 Å². The first-order valence-corrected chi connectivity index (χ1v) is 12.0. The van der Waals surface area contributed by atoms with Crippen molar-refractivity contribution in [2.45, 2.75) is 62.9 Å².